The molecule has 0 saturated heterocycles. The van der Waals surface area contributed by atoms with Gasteiger partial charge in [0.2, 0.25) is 10.0 Å². The summed E-state index contributed by atoms with van der Waals surface area (Å²) in [6.45, 7) is 8.58. The standard InChI is InChI=1S/C12H22N4O4S/c1-4-15(5-2)6-7-16-9-11(8-13-16)14-21(19,20)10(3)12(17)18/h8-10,14H,4-7H2,1-3H3,(H,17,18). The van der Waals surface area contributed by atoms with Crippen LogP contribution in [-0.2, 0) is 21.4 Å². The number of hydrogen-bond acceptors (Lipinski definition) is 5. The molecule has 0 aliphatic carbocycles. The van der Waals surface area contributed by atoms with Gasteiger partial charge in [0.25, 0.3) is 0 Å². The van der Waals surface area contributed by atoms with Gasteiger partial charge in [0, 0.05) is 12.7 Å². The molecule has 1 atom stereocenters. The number of aromatic nitrogens is 2. The lowest BCUT2D eigenvalue weighted by atomic mass is 10.4. The van der Waals surface area contributed by atoms with Crippen LogP contribution in [0.25, 0.3) is 0 Å². The summed E-state index contributed by atoms with van der Waals surface area (Å²) in [6, 6.07) is 0. The molecule has 1 unspecified atom stereocenters. The normalized spacial score (nSPS) is 13.3. The molecule has 1 aromatic rings. The Morgan fingerprint density at radius 1 is 1.48 bits per heavy atom. The molecule has 2 N–H and O–H groups in total. The van der Waals surface area contributed by atoms with Crippen molar-refractivity contribution >= 4 is 21.7 Å². The summed E-state index contributed by atoms with van der Waals surface area (Å²) in [7, 11) is -3.95. The van der Waals surface area contributed by atoms with Gasteiger partial charge in [-0.15, -0.1) is 0 Å². The lowest BCUT2D eigenvalue weighted by Crippen LogP contribution is -2.31. The van der Waals surface area contributed by atoms with Gasteiger partial charge >= 0.3 is 5.97 Å². The number of likely N-dealkylation sites (N-methyl/N-ethyl adjacent to an activating group) is 1. The van der Waals surface area contributed by atoms with E-state index in [1.165, 1.54) is 6.20 Å². The summed E-state index contributed by atoms with van der Waals surface area (Å²) in [4.78, 5) is 13.0. The van der Waals surface area contributed by atoms with E-state index in [0.29, 0.717) is 6.54 Å². The molecule has 0 bridgehead atoms. The highest BCUT2D eigenvalue weighted by atomic mass is 32.2. The summed E-state index contributed by atoms with van der Waals surface area (Å²) in [5.74, 6) is -1.39. The first kappa shape index (κ1) is 17.4. The maximum Gasteiger partial charge on any atom is 0.323 e. The predicted molar refractivity (Wildman–Crippen MR) is 79.7 cm³/mol. The van der Waals surface area contributed by atoms with Crippen molar-refractivity contribution < 1.29 is 18.3 Å². The first-order valence-electron chi connectivity index (χ1n) is 6.79. The average molecular weight is 318 g/mol. The predicted octanol–water partition coefficient (Wildman–Crippen LogP) is 0.440. The van der Waals surface area contributed by atoms with Crippen LogP contribution in [0.3, 0.4) is 0 Å². The smallest absolute Gasteiger partial charge is 0.323 e. The van der Waals surface area contributed by atoms with E-state index in [1.54, 1.807) is 10.9 Å². The van der Waals surface area contributed by atoms with Gasteiger partial charge < -0.3 is 10.0 Å². The Balaban J connectivity index is 2.65. The number of anilines is 1. The Labute approximate surface area is 124 Å². The Morgan fingerprint density at radius 3 is 2.62 bits per heavy atom. The highest BCUT2D eigenvalue weighted by molar-refractivity contribution is 7.94. The fourth-order valence-electron chi connectivity index (χ4n) is 1.71. The zero-order valence-corrected chi connectivity index (χ0v) is 13.3. The van der Waals surface area contributed by atoms with Gasteiger partial charge in [-0.25, -0.2) is 8.42 Å². The molecule has 0 fully saturated rings. The van der Waals surface area contributed by atoms with Gasteiger partial charge in [0.1, 0.15) is 0 Å². The summed E-state index contributed by atoms with van der Waals surface area (Å²) >= 11 is 0. The second-order valence-corrected chi connectivity index (χ2v) is 6.65. The highest BCUT2D eigenvalue weighted by Gasteiger charge is 2.27. The molecule has 1 aromatic heterocycles. The zero-order chi connectivity index (χ0) is 16.0. The number of sulfonamides is 1. The molecular formula is C12H22N4O4S. The van der Waals surface area contributed by atoms with E-state index >= 15 is 0 Å². The van der Waals surface area contributed by atoms with E-state index in [9.17, 15) is 13.2 Å². The van der Waals surface area contributed by atoms with Crippen LogP contribution in [0, 0.1) is 0 Å². The van der Waals surface area contributed by atoms with Crippen molar-refractivity contribution in [1.82, 2.24) is 14.7 Å². The van der Waals surface area contributed by atoms with Crippen LogP contribution in [0.5, 0.6) is 0 Å². The van der Waals surface area contributed by atoms with Gasteiger partial charge in [-0.2, -0.15) is 5.10 Å². The van der Waals surface area contributed by atoms with Crippen molar-refractivity contribution in [2.45, 2.75) is 32.6 Å². The first-order valence-corrected chi connectivity index (χ1v) is 8.34. The van der Waals surface area contributed by atoms with Gasteiger partial charge in [-0.3, -0.25) is 14.2 Å². The third-order valence-corrected chi connectivity index (χ3v) is 4.90. The lowest BCUT2D eigenvalue weighted by molar-refractivity contribution is -0.136. The van der Waals surface area contributed by atoms with Crippen molar-refractivity contribution in [3.8, 4) is 0 Å². The minimum atomic E-state index is -3.95. The number of nitrogens with zero attached hydrogens (tertiary/aromatic N) is 3. The summed E-state index contributed by atoms with van der Waals surface area (Å²) < 4.78 is 27.4. The third-order valence-electron chi connectivity index (χ3n) is 3.25. The molecular weight excluding hydrogens is 296 g/mol. The number of carboxylic acids is 1. The number of hydrogen-bond donors (Lipinski definition) is 2. The molecule has 0 amide bonds. The second-order valence-electron chi connectivity index (χ2n) is 4.65. The quantitative estimate of drug-likeness (QED) is 0.684. The van der Waals surface area contributed by atoms with Crippen molar-refractivity contribution in [3.05, 3.63) is 12.4 Å². The van der Waals surface area contributed by atoms with Crippen LogP contribution in [0.15, 0.2) is 12.4 Å². The number of rotatable bonds is 9. The number of carbonyl (C=O) groups is 1. The van der Waals surface area contributed by atoms with E-state index < -0.39 is 21.2 Å². The van der Waals surface area contributed by atoms with Crippen molar-refractivity contribution in [3.63, 3.8) is 0 Å². The molecule has 1 rings (SSSR count). The minimum absolute atomic E-state index is 0.266. The molecule has 0 aromatic carbocycles. The van der Waals surface area contributed by atoms with Crippen LogP contribution in [0.4, 0.5) is 5.69 Å². The fraction of sp³-hybridized carbons (Fsp3) is 0.667. The van der Waals surface area contributed by atoms with Crippen LogP contribution in [0.1, 0.15) is 20.8 Å². The monoisotopic (exact) mass is 318 g/mol. The van der Waals surface area contributed by atoms with Gasteiger partial charge in [0.05, 0.1) is 18.4 Å². The summed E-state index contributed by atoms with van der Waals surface area (Å²) in [6.07, 6.45) is 2.92. The molecule has 8 nitrogen and oxygen atoms in total. The topological polar surface area (TPSA) is 105 Å². The molecule has 0 saturated carbocycles. The van der Waals surface area contributed by atoms with Crippen molar-refractivity contribution in [2.75, 3.05) is 24.4 Å². The van der Waals surface area contributed by atoms with E-state index in [1.807, 2.05) is 0 Å². The third kappa shape index (κ3) is 5.01. The Hall–Kier alpha value is -1.61. The van der Waals surface area contributed by atoms with Crippen LogP contribution < -0.4 is 4.72 Å². The van der Waals surface area contributed by atoms with Crippen molar-refractivity contribution in [2.24, 2.45) is 0 Å². The largest absolute Gasteiger partial charge is 0.480 e. The van der Waals surface area contributed by atoms with Gasteiger partial charge in [0.15, 0.2) is 5.25 Å². The average Bonchev–Trinajstić information content (AvgIpc) is 2.85. The number of aliphatic carboxylic acids is 1. The Kier molecular flexibility index (Phi) is 6.16. The lowest BCUT2D eigenvalue weighted by Gasteiger charge is -2.17. The van der Waals surface area contributed by atoms with E-state index in [-0.39, 0.29) is 5.69 Å². The summed E-state index contributed by atoms with van der Waals surface area (Å²) in [5.41, 5.74) is 0.266. The molecule has 1 heterocycles. The molecule has 9 heteroatoms. The van der Waals surface area contributed by atoms with Crippen LogP contribution in [0.2, 0.25) is 0 Å². The Bertz CT molecular complexity index is 566. The number of carboxylic acid groups (broad SMARTS) is 1. The van der Waals surface area contributed by atoms with Crippen molar-refractivity contribution in [1.29, 1.82) is 0 Å². The molecule has 21 heavy (non-hydrogen) atoms. The fourth-order valence-corrected chi connectivity index (χ4v) is 2.58. The van der Waals surface area contributed by atoms with E-state index in [4.69, 9.17) is 5.11 Å². The molecule has 0 spiro atoms. The molecule has 0 aliphatic heterocycles. The zero-order valence-electron chi connectivity index (χ0n) is 12.5. The SMILES string of the molecule is CCN(CC)CCn1cc(NS(=O)(=O)C(C)C(=O)O)cn1. The Morgan fingerprint density at radius 2 is 2.10 bits per heavy atom. The van der Waals surface area contributed by atoms with Gasteiger partial charge in [-0.05, 0) is 20.0 Å². The summed E-state index contributed by atoms with van der Waals surface area (Å²) in [5, 5.41) is 11.3. The molecule has 0 radical (unpaired) electrons. The maximum absolute atomic E-state index is 11.8. The van der Waals surface area contributed by atoms with E-state index in [2.05, 4.69) is 28.6 Å². The first-order chi connectivity index (χ1) is 9.80. The van der Waals surface area contributed by atoms with Crippen LogP contribution >= 0.6 is 0 Å². The number of nitrogens with one attached hydrogen (secondary N) is 1. The molecule has 0 aliphatic rings. The maximum atomic E-state index is 11.8. The minimum Gasteiger partial charge on any atom is -0.480 e. The van der Waals surface area contributed by atoms with Crippen LogP contribution in [-0.4, -0.2) is 59.1 Å². The van der Waals surface area contributed by atoms with E-state index in [0.717, 1.165) is 26.6 Å². The highest BCUT2D eigenvalue weighted by Crippen LogP contribution is 2.11. The van der Waals surface area contributed by atoms with Gasteiger partial charge in [-0.1, -0.05) is 13.8 Å². The second kappa shape index (κ2) is 7.41. The molecule has 120 valence electrons.